The van der Waals surface area contributed by atoms with Gasteiger partial charge in [-0.25, -0.2) is 0 Å². The van der Waals surface area contributed by atoms with E-state index in [0.29, 0.717) is 10.8 Å². The van der Waals surface area contributed by atoms with Crippen LogP contribution in [0.3, 0.4) is 0 Å². The number of halogens is 1. The smallest absolute Gasteiger partial charge is 0.141 e. The Labute approximate surface area is 88.5 Å². The van der Waals surface area contributed by atoms with Crippen molar-refractivity contribution in [1.29, 1.82) is 0 Å². The average molecular weight is 213 g/mol. The molecule has 1 aromatic rings. The first-order valence-corrected chi connectivity index (χ1v) is 5.28. The zero-order valence-electron chi connectivity index (χ0n) is 7.87. The Balaban J connectivity index is 2.10. The molecule has 0 atom stereocenters. The Kier molecular flexibility index (Phi) is 2.82. The minimum Gasteiger partial charge on any atom is -0.508 e. The SMILES string of the molecule is Oc1ccc(Cl)c(OC2CCCC2)c1. The first kappa shape index (κ1) is 9.66. The van der Waals surface area contributed by atoms with E-state index in [-0.39, 0.29) is 11.9 Å². The van der Waals surface area contributed by atoms with Gasteiger partial charge in [0.15, 0.2) is 0 Å². The van der Waals surface area contributed by atoms with E-state index in [0.717, 1.165) is 12.8 Å². The van der Waals surface area contributed by atoms with Crippen molar-refractivity contribution in [3.05, 3.63) is 23.2 Å². The van der Waals surface area contributed by atoms with Crippen molar-refractivity contribution in [2.45, 2.75) is 31.8 Å². The van der Waals surface area contributed by atoms with E-state index in [1.54, 1.807) is 18.2 Å². The van der Waals surface area contributed by atoms with E-state index < -0.39 is 0 Å². The van der Waals surface area contributed by atoms with Crippen molar-refractivity contribution in [2.75, 3.05) is 0 Å². The van der Waals surface area contributed by atoms with Crippen LogP contribution >= 0.6 is 11.6 Å². The van der Waals surface area contributed by atoms with Gasteiger partial charge in [-0.3, -0.25) is 0 Å². The molecule has 2 rings (SSSR count). The van der Waals surface area contributed by atoms with Gasteiger partial charge in [-0.15, -0.1) is 0 Å². The minimum absolute atomic E-state index is 0.197. The fourth-order valence-corrected chi connectivity index (χ4v) is 1.93. The Morgan fingerprint density at radius 1 is 1.29 bits per heavy atom. The second kappa shape index (κ2) is 4.09. The summed E-state index contributed by atoms with van der Waals surface area (Å²) in [7, 11) is 0. The number of benzene rings is 1. The zero-order chi connectivity index (χ0) is 9.97. The molecule has 14 heavy (non-hydrogen) atoms. The fraction of sp³-hybridized carbons (Fsp3) is 0.455. The highest BCUT2D eigenvalue weighted by atomic mass is 35.5. The lowest BCUT2D eigenvalue weighted by atomic mass is 10.3. The Morgan fingerprint density at radius 3 is 2.71 bits per heavy atom. The number of phenols is 1. The van der Waals surface area contributed by atoms with Gasteiger partial charge in [-0.05, 0) is 37.8 Å². The van der Waals surface area contributed by atoms with Crippen molar-refractivity contribution in [3.63, 3.8) is 0 Å². The number of rotatable bonds is 2. The molecule has 1 aromatic carbocycles. The maximum Gasteiger partial charge on any atom is 0.141 e. The van der Waals surface area contributed by atoms with Crippen molar-refractivity contribution in [2.24, 2.45) is 0 Å². The molecule has 0 unspecified atom stereocenters. The standard InChI is InChI=1S/C11H13ClO2/c12-10-6-5-8(13)7-11(10)14-9-3-1-2-4-9/h5-7,9,13H,1-4H2. The normalized spacial score (nSPS) is 17.2. The van der Waals surface area contributed by atoms with Gasteiger partial charge in [0, 0.05) is 6.07 Å². The summed E-state index contributed by atoms with van der Waals surface area (Å²) < 4.78 is 5.69. The van der Waals surface area contributed by atoms with Crippen LogP contribution in [-0.2, 0) is 0 Å². The molecule has 0 aliphatic heterocycles. The van der Waals surface area contributed by atoms with Gasteiger partial charge in [0.2, 0.25) is 0 Å². The predicted octanol–water partition coefficient (Wildman–Crippen LogP) is 3.37. The fourth-order valence-electron chi connectivity index (χ4n) is 1.77. The largest absolute Gasteiger partial charge is 0.508 e. The van der Waals surface area contributed by atoms with Gasteiger partial charge in [-0.2, -0.15) is 0 Å². The Morgan fingerprint density at radius 2 is 2.00 bits per heavy atom. The summed E-state index contributed by atoms with van der Waals surface area (Å²) in [4.78, 5) is 0. The van der Waals surface area contributed by atoms with Gasteiger partial charge >= 0.3 is 0 Å². The monoisotopic (exact) mass is 212 g/mol. The molecule has 0 heterocycles. The summed E-state index contributed by atoms with van der Waals surface area (Å²) in [6, 6.07) is 4.78. The van der Waals surface area contributed by atoms with E-state index in [2.05, 4.69) is 0 Å². The van der Waals surface area contributed by atoms with Gasteiger partial charge < -0.3 is 9.84 Å². The number of ether oxygens (including phenoxy) is 1. The molecule has 0 spiro atoms. The van der Waals surface area contributed by atoms with E-state index in [1.165, 1.54) is 12.8 Å². The average Bonchev–Trinajstić information content (AvgIpc) is 2.64. The van der Waals surface area contributed by atoms with Gasteiger partial charge in [-0.1, -0.05) is 11.6 Å². The topological polar surface area (TPSA) is 29.5 Å². The maximum atomic E-state index is 9.27. The van der Waals surface area contributed by atoms with Crippen molar-refractivity contribution < 1.29 is 9.84 Å². The lowest BCUT2D eigenvalue weighted by Crippen LogP contribution is -2.10. The molecule has 0 saturated heterocycles. The van der Waals surface area contributed by atoms with Gasteiger partial charge in [0.1, 0.15) is 11.5 Å². The summed E-state index contributed by atoms with van der Waals surface area (Å²) in [5, 5.41) is 9.84. The third kappa shape index (κ3) is 2.13. The van der Waals surface area contributed by atoms with Crippen LogP contribution < -0.4 is 4.74 Å². The van der Waals surface area contributed by atoms with Crippen molar-refractivity contribution >= 4 is 11.6 Å². The molecular weight excluding hydrogens is 200 g/mol. The van der Waals surface area contributed by atoms with Gasteiger partial charge in [0.05, 0.1) is 11.1 Å². The van der Waals surface area contributed by atoms with E-state index >= 15 is 0 Å². The molecule has 2 nitrogen and oxygen atoms in total. The lowest BCUT2D eigenvalue weighted by Gasteiger charge is -2.14. The summed E-state index contributed by atoms with van der Waals surface area (Å²) in [6.07, 6.45) is 4.90. The second-order valence-electron chi connectivity index (χ2n) is 3.64. The lowest BCUT2D eigenvalue weighted by molar-refractivity contribution is 0.209. The number of hydrogen-bond acceptors (Lipinski definition) is 2. The quantitative estimate of drug-likeness (QED) is 0.815. The van der Waals surface area contributed by atoms with Crippen LogP contribution in [0, 0.1) is 0 Å². The van der Waals surface area contributed by atoms with Crippen LogP contribution in [0.2, 0.25) is 5.02 Å². The number of hydrogen-bond donors (Lipinski definition) is 1. The molecule has 0 amide bonds. The molecule has 1 aliphatic rings. The third-order valence-electron chi connectivity index (χ3n) is 2.51. The van der Waals surface area contributed by atoms with Crippen LogP contribution in [0.5, 0.6) is 11.5 Å². The summed E-state index contributed by atoms with van der Waals surface area (Å²) in [5.41, 5.74) is 0. The molecule has 0 aromatic heterocycles. The molecule has 0 radical (unpaired) electrons. The zero-order valence-corrected chi connectivity index (χ0v) is 8.63. The highest BCUT2D eigenvalue weighted by molar-refractivity contribution is 6.32. The molecule has 1 aliphatic carbocycles. The first-order valence-electron chi connectivity index (χ1n) is 4.91. The molecular formula is C11H13ClO2. The van der Waals surface area contributed by atoms with Crippen molar-refractivity contribution in [3.8, 4) is 11.5 Å². The highest BCUT2D eigenvalue weighted by Gasteiger charge is 2.17. The number of phenolic OH excluding ortho intramolecular Hbond substituents is 1. The van der Waals surface area contributed by atoms with Crippen LogP contribution in [0.15, 0.2) is 18.2 Å². The molecule has 3 heteroatoms. The van der Waals surface area contributed by atoms with Crippen LogP contribution in [-0.4, -0.2) is 11.2 Å². The molecule has 1 N–H and O–H groups in total. The van der Waals surface area contributed by atoms with Crippen molar-refractivity contribution in [1.82, 2.24) is 0 Å². The summed E-state index contributed by atoms with van der Waals surface area (Å²) >= 11 is 5.94. The van der Waals surface area contributed by atoms with Crippen LogP contribution in [0.1, 0.15) is 25.7 Å². The molecule has 0 bridgehead atoms. The number of aromatic hydroxyl groups is 1. The van der Waals surface area contributed by atoms with E-state index in [1.807, 2.05) is 0 Å². The minimum atomic E-state index is 0.197. The Hall–Kier alpha value is -0.890. The maximum absolute atomic E-state index is 9.27. The third-order valence-corrected chi connectivity index (χ3v) is 2.82. The summed E-state index contributed by atoms with van der Waals surface area (Å²) in [5.74, 6) is 0.793. The predicted molar refractivity (Wildman–Crippen MR) is 56.0 cm³/mol. The molecule has 1 fully saturated rings. The van der Waals surface area contributed by atoms with Crippen LogP contribution in [0.4, 0.5) is 0 Å². The second-order valence-corrected chi connectivity index (χ2v) is 4.05. The van der Waals surface area contributed by atoms with E-state index in [4.69, 9.17) is 16.3 Å². The Bertz CT molecular complexity index is 319. The molecule has 76 valence electrons. The van der Waals surface area contributed by atoms with Crippen LogP contribution in [0.25, 0.3) is 0 Å². The molecule has 1 saturated carbocycles. The van der Waals surface area contributed by atoms with Gasteiger partial charge in [0.25, 0.3) is 0 Å². The van der Waals surface area contributed by atoms with E-state index in [9.17, 15) is 5.11 Å². The first-order chi connectivity index (χ1) is 6.75. The highest BCUT2D eigenvalue weighted by Crippen LogP contribution is 2.32. The summed E-state index contributed by atoms with van der Waals surface area (Å²) in [6.45, 7) is 0.